The fourth-order valence-corrected chi connectivity index (χ4v) is 4.16. The molecule has 3 nitrogen and oxygen atoms in total. The van der Waals surface area contributed by atoms with E-state index >= 15 is 0 Å². The van der Waals surface area contributed by atoms with E-state index < -0.39 is 0 Å². The standard InChI is InChI=1S/C19H18ClNO2/c20-16-8-7-13(11-18(16)22)19(23)21-9-3-6-15-14-5-2-1-4-12(14)10-17(15)21/h1-2,4-5,7-8,11,15,17,22H,3,6,9-10H2/t15-,17+/m1/s1. The van der Waals surface area contributed by atoms with Crippen molar-refractivity contribution in [2.75, 3.05) is 6.54 Å². The zero-order valence-corrected chi connectivity index (χ0v) is 13.5. The van der Waals surface area contributed by atoms with Crippen LogP contribution in [0.1, 0.15) is 40.2 Å². The third-order valence-corrected chi connectivity index (χ3v) is 5.44. The monoisotopic (exact) mass is 327 g/mol. The van der Waals surface area contributed by atoms with Crippen molar-refractivity contribution in [3.63, 3.8) is 0 Å². The number of phenolic OH excluding ortho intramolecular Hbond substituents is 1. The van der Waals surface area contributed by atoms with E-state index in [1.54, 1.807) is 12.1 Å². The molecule has 1 N–H and O–H groups in total. The highest BCUT2D eigenvalue weighted by molar-refractivity contribution is 6.32. The molecule has 2 aromatic carbocycles. The van der Waals surface area contributed by atoms with Gasteiger partial charge in [0.25, 0.3) is 5.91 Å². The van der Waals surface area contributed by atoms with E-state index in [0.717, 1.165) is 25.8 Å². The molecule has 4 heteroatoms. The highest BCUT2D eigenvalue weighted by Gasteiger charge is 2.40. The topological polar surface area (TPSA) is 40.5 Å². The predicted octanol–water partition coefficient (Wildman–Crippen LogP) is 3.99. The highest BCUT2D eigenvalue weighted by Crippen LogP contribution is 2.42. The lowest BCUT2D eigenvalue weighted by atomic mass is 9.88. The Bertz CT molecular complexity index is 774. The van der Waals surface area contributed by atoms with Gasteiger partial charge in [0.15, 0.2) is 0 Å². The second kappa shape index (κ2) is 5.57. The van der Waals surface area contributed by atoms with E-state index in [1.807, 2.05) is 4.90 Å². The summed E-state index contributed by atoms with van der Waals surface area (Å²) in [5, 5.41) is 10.0. The third-order valence-electron chi connectivity index (χ3n) is 5.12. The Balaban J connectivity index is 1.65. The number of nitrogens with zero attached hydrogens (tertiary/aromatic N) is 1. The van der Waals surface area contributed by atoms with Crippen LogP contribution < -0.4 is 0 Å². The summed E-state index contributed by atoms with van der Waals surface area (Å²) < 4.78 is 0. The molecule has 2 aromatic rings. The van der Waals surface area contributed by atoms with Crippen molar-refractivity contribution in [1.29, 1.82) is 0 Å². The SMILES string of the molecule is O=C(c1ccc(Cl)c(O)c1)N1CCC[C@@H]2c3ccccc3C[C@@H]21. The van der Waals surface area contributed by atoms with E-state index in [1.165, 1.54) is 17.2 Å². The molecule has 1 heterocycles. The number of likely N-dealkylation sites (tertiary alicyclic amines) is 1. The number of aromatic hydroxyl groups is 1. The van der Waals surface area contributed by atoms with Gasteiger partial charge in [-0.25, -0.2) is 0 Å². The third kappa shape index (κ3) is 2.40. The van der Waals surface area contributed by atoms with Gasteiger partial charge in [-0.05, 0) is 48.6 Å². The van der Waals surface area contributed by atoms with E-state index in [2.05, 4.69) is 24.3 Å². The molecule has 2 aliphatic rings. The van der Waals surface area contributed by atoms with E-state index in [9.17, 15) is 9.90 Å². The smallest absolute Gasteiger partial charge is 0.254 e. The van der Waals surface area contributed by atoms with Crippen molar-refractivity contribution >= 4 is 17.5 Å². The Morgan fingerprint density at radius 3 is 2.87 bits per heavy atom. The summed E-state index contributed by atoms with van der Waals surface area (Å²) in [6, 6.07) is 13.5. The molecule has 1 amide bonds. The minimum absolute atomic E-state index is 0.0144. The maximum absolute atomic E-state index is 12.9. The molecule has 0 bridgehead atoms. The number of hydrogen-bond donors (Lipinski definition) is 1. The Morgan fingerprint density at radius 2 is 2.04 bits per heavy atom. The van der Waals surface area contributed by atoms with E-state index in [-0.39, 0.29) is 22.7 Å². The molecule has 4 rings (SSSR count). The van der Waals surface area contributed by atoms with Gasteiger partial charge in [-0.3, -0.25) is 4.79 Å². The first-order valence-electron chi connectivity index (χ1n) is 8.02. The molecule has 0 radical (unpaired) electrons. The molecule has 23 heavy (non-hydrogen) atoms. The first-order chi connectivity index (χ1) is 11.1. The van der Waals surface area contributed by atoms with E-state index in [4.69, 9.17) is 11.6 Å². The Kier molecular flexibility index (Phi) is 3.53. The lowest BCUT2D eigenvalue weighted by Crippen LogP contribution is -2.46. The maximum Gasteiger partial charge on any atom is 0.254 e. The number of amides is 1. The molecule has 118 valence electrons. The Hall–Kier alpha value is -2.00. The summed E-state index contributed by atoms with van der Waals surface area (Å²) in [4.78, 5) is 14.9. The molecule has 0 aromatic heterocycles. The number of benzene rings is 2. The largest absolute Gasteiger partial charge is 0.506 e. The van der Waals surface area contributed by atoms with Gasteiger partial charge < -0.3 is 10.0 Å². The number of carbonyl (C=O) groups is 1. The number of fused-ring (bicyclic) bond motifs is 3. The molecule has 0 unspecified atom stereocenters. The van der Waals surface area contributed by atoms with Gasteiger partial charge in [-0.2, -0.15) is 0 Å². The Morgan fingerprint density at radius 1 is 1.22 bits per heavy atom. The summed E-state index contributed by atoms with van der Waals surface area (Å²) >= 11 is 5.85. The van der Waals surface area contributed by atoms with Gasteiger partial charge in [0.2, 0.25) is 0 Å². The average molecular weight is 328 g/mol. The highest BCUT2D eigenvalue weighted by atomic mass is 35.5. The Labute approximate surface area is 140 Å². The maximum atomic E-state index is 12.9. The predicted molar refractivity (Wildman–Crippen MR) is 90.1 cm³/mol. The number of hydrogen-bond acceptors (Lipinski definition) is 2. The zero-order chi connectivity index (χ0) is 16.0. The fraction of sp³-hybridized carbons (Fsp3) is 0.316. The van der Waals surface area contributed by atoms with Crippen LogP contribution in [0.2, 0.25) is 5.02 Å². The number of halogens is 1. The number of rotatable bonds is 1. The molecule has 1 saturated heterocycles. The first kappa shape index (κ1) is 14.6. The van der Waals surface area contributed by atoms with Gasteiger partial charge in [0.1, 0.15) is 5.75 Å². The summed E-state index contributed by atoms with van der Waals surface area (Å²) in [6.45, 7) is 0.775. The van der Waals surface area contributed by atoms with Crippen LogP contribution >= 0.6 is 11.6 Å². The normalized spacial score (nSPS) is 22.6. The van der Waals surface area contributed by atoms with Gasteiger partial charge in [-0.15, -0.1) is 0 Å². The minimum atomic E-state index is -0.0409. The molecule has 1 fully saturated rings. The van der Waals surface area contributed by atoms with Crippen molar-refractivity contribution in [2.24, 2.45) is 0 Å². The minimum Gasteiger partial charge on any atom is -0.506 e. The van der Waals surface area contributed by atoms with Crippen molar-refractivity contribution < 1.29 is 9.90 Å². The first-order valence-corrected chi connectivity index (χ1v) is 8.40. The summed E-state index contributed by atoms with van der Waals surface area (Å²) in [5.41, 5.74) is 3.26. The van der Waals surface area contributed by atoms with Crippen LogP contribution in [-0.4, -0.2) is 28.5 Å². The molecule has 2 atom stereocenters. The van der Waals surface area contributed by atoms with Gasteiger partial charge in [-0.1, -0.05) is 35.9 Å². The second-order valence-electron chi connectivity index (χ2n) is 6.38. The van der Waals surface area contributed by atoms with Crippen LogP contribution in [0.3, 0.4) is 0 Å². The van der Waals surface area contributed by atoms with E-state index in [0.29, 0.717) is 11.5 Å². The van der Waals surface area contributed by atoms with Crippen LogP contribution in [0.25, 0.3) is 0 Å². The number of piperidine rings is 1. The lowest BCUT2D eigenvalue weighted by Gasteiger charge is -2.38. The molecule has 1 aliphatic carbocycles. The molecule has 0 saturated carbocycles. The van der Waals surface area contributed by atoms with Crippen LogP contribution in [0.15, 0.2) is 42.5 Å². The fourth-order valence-electron chi connectivity index (χ4n) is 4.04. The van der Waals surface area contributed by atoms with Gasteiger partial charge in [0.05, 0.1) is 5.02 Å². The zero-order valence-electron chi connectivity index (χ0n) is 12.7. The summed E-state index contributed by atoms with van der Waals surface area (Å²) in [5.74, 6) is 0.380. The van der Waals surface area contributed by atoms with Gasteiger partial charge in [0, 0.05) is 24.1 Å². The van der Waals surface area contributed by atoms with Crippen molar-refractivity contribution in [1.82, 2.24) is 4.90 Å². The lowest BCUT2D eigenvalue weighted by molar-refractivity contribution is 0.0595. The van der Waals surface area contributed by atoms with Crippen molar-refractivity contribution in [3.05, 3.63) is 64.2 Å². The van der Waals surface area contributed by atoms with Gasteiger partial charge >= 0.3 is 0 Å². The number of phenols is 1. The van der Waals surface area contributed by atoms with Crippen molar-refractivity contribution in [3.8, 4) is 5.75 Å². The summed E-state index contributed by atoms with van der Waals surface area (Å²) in [7, 11) is 0. The van der Waals surface area contributed by atoms with Crippen molar-refractivity contribution in [2.45, 2.75) is 31.2 Å². The summed E-state index contributed by atoms with van der Waals surface area (Å²) in [6.07, 6.45) is 3.07. The number of carbonyl (C=O) groups excluding carboxylic acids is 1. The van der Waals surface area contributed by atoms with Crippen LogP contribution in [0.5, 0.6) is 5.75 Å². The van der Waals surface area contributed by atoms with Crippen LogP contribution in [0, 0.1) is 0 Å². The van der Waals surface area contributed by atoms with Crippen LogP contribution in [0.4, 0.5) is 0 Å². The molecular weight excluding hydrogens is 310 g/mol. The average Bonchev–Trinajstić information content (AvgIpc) is 2.95. The molecule has 1 aliphatic heterocycles. The second-order valence-corrected chi connectivity index (χ2v) is 6.79. The van der Waals surface area contributed by atoms with Crippen LogP contribution in [-0.2, 0) is 6.42 Å². The quantitative estimate of drug-likeness (QED) is 0.860. The molecule has 0 spiro atoms. The molecular formula is C19H18ClNO2.